The number of nitrogens with zero attached hydrogens (tertiary/aromatic N) is 2. The quantitative estimate of drug-likeness (QED) is 0.176. The molecule has 1 atom stereocenters. The van der Waals surface area contributed by atoms with Crippen molar-refractivity contribution in [2.45, 2.75) is 85.9 Å². The van der Waals surface area contributed by atoms with Gasteiger partial charge in [0.1, 0.15) is 0 Å². The Kier molecular flexibility index (Phi) is 13.0. The van der Waals surface area contributed by atoms with E-state index in [1.165, 1.54) is 0 Å². The molecule has 0 aromatic heterocycles. The minimum Gasteiger partial charge on any atom is -0.481 e. The molecule has 31 heavy (non-hydrogen) atoms. The zero-order valence-corrected chi connectivity index (χ0v) is 20.7. The minimum atomic E-state index is -0.946. The Balaban J connectivity index is 5.88. The normalized spacial score (nSPS) is 14.0. The average molecular weight is 438 g/mol. The van der Waals surface area contributed by atoms with Gasteiger partial charge in [-0.05, 0) is 46.7 Å². The molecule has 0 saturated carbocycles. The Bertz CT molecular complexity index is 653. The van der Waals surface area contributed by atoms with Crippen LogP contribution in [0.4, 0.5) is 0 Å². The van der Waals surface area contributed by atoms with Gasteiger partial charge in [-0.25, -0.2) is 0 Å². The fourth-order valence-corrected chi connectivity index (χ4v) is 3.40. The topological polar surface area (TPSA) is 90.0 Å². The summed E-state index contributed by atoms with van der Waals surface area (Å²) in [5.74, 6) is -1.23. The van der Waals surface area contributed by atoms with Crippen LogP contribution in [0, 0.1) is 5.92 Å². The number of carbonyl (C=O) groups excluding carboxylic acids is 2. The maximum Gasteiger partial charge on any atom is 0.305 e. The van der Waals surface area contributed by atoms with E-state index in [0.717, 1.165) is 37.8 Å². The molecule has 7 heteroatoms. The van der Waals surface area contributed by atoms with Gasteiger partial charge in [0.15, 0.2) is 0 Å². The molecule has 2 amide bonds. The summed E-state index contributed by atoms with van der Waals surface area (Å²) in [4.78, 5) is 39.4. The van der Waals surface area contributed by atoms with Gasteiger partial charge in [0.2, 0.25) is 12.3 Å². The van der Waals surface area contributed by atoms with E-state index in [1.807, 2.05) is 52.6 Å². The molecule has 0 bridgehead atoms. The first-order chi connectivity index (χ1) is 14.4. The van der Waals surface area contributed by atoms with E-state index >= 15 is 0 Å². The van der Waals surface area contributed by atoms with Crippen LogP contribution in [-0.2, 0) is 14.4 Å². The Morgan fingerprint density at radius 3 is 2.23 bits per heavy atom. The van der Waals surface area contributed by atoms with Crippen LogP contribution in [0.3, 0.4) is 0 Å². The summed E-state index contributed by atoms with van der Waals surface area (Å²) in [5, 5.41) is 11.4. The second kappa shape index (κ2) is 14.0. The molecule has 7 nitrogen and oxygen atoms in total. The Labute approximate surface area is 188 Å². The number of rotatable bonds is 15. The van der Waals surface area contributed by atoms with Crippen molar-refractivity contribution in [2.24, 2.45) is 5.92 Å². The van der Waals surface area contributed by atoms with E-state index in [2.05, 4.69) is 24.1 Å². The molecule has 1 unspecified atom stereocenters. The standard InChI is InChI=1S/C24H43N3O4/c1-9-11-12-21(27(17-28)24(6,7)26(8)10-2)19(5)13-14-20(18(3)4)23(31)25-16-15-22(29)30/h13-14,17-18,21H,9-12,15-16H2,1-8H3,(H,25,31)(H,29,30)/b19-13+,20-14+. The third-order valence-corrected chi connectivity index (χ3v) is 5.88. The maximum atomic E-state index is 12.5. The number of hydrogen-bond donors (Lipinski definition) is 2. The number of carboxylic acids is 1. The van der Waals surface area contributed by atoms with Gasteiger partial charge in [-0.1, -0.05) is 58.3 Å². The fraction of sp³-hybridized carbons (Fsp3) is 0.708. The van der Waals surface area contributed by atoms with Crippen molar-refractivity contribution in [3.63, 3.8) is 0 Å². The van der Waals surface area contributed by atoms with Crippen LogP contribution in [-0.4, -0.2) is 65.0 Å². The molecule has 0 fully saturated rings. The lowest BCUT2D eigenvalue weighted by atomic mass is 9.95. The molecule has 0 heterocycles. The van der Waals surface area contributed by atoms with Crippen LogP contribution in [0.15, 0.2) is 23.3 Å². The smallest absolute Gasteiger partial charge is 0.305 e. The molecule has 0 radical (unpaired) electrons. The van der Waals surface area contributed by atoms with Gasteiger partial charge >= 0.3 is 5.97 Å². The highest BCUT2D eigenvalue weighted by Crippen LogP contribution is 2.26. The van der Waals surface area contributed by atoms with Gasteiger partial charge in [0.25, 0.3) is 0 Å². The van der Waals surface area contributed by atoms with E-state index in [4.69, 9.17) is 5.11 Å². The first-order valence-corrected chi connectivity index (χ1v) is 11.3. The van der Waals surface area contributed by atoms with Gasteiger partial charge in [0.05, 0.1) is 18.1 Å². The number of unbranched alkanes of at least 4 members (excludes halogenated alkanes) is 1. The number of amides is 2. The van der Waals surface area contributed by atoms with Crippen molar-refractivity contribution in [1.29, 1.82) is 0 Å². The van der Waals surface area contributed by atoms with Crippen molar-refractivity contribution >= 4 is 18.3 Å². The largest absolute Gasteiger partial charge is 0.481 e. The predicted molar refractivity (Wildman–Crippen MR) is 126 cm³/mol. The SMILES string of the molecule is CCCCC(/C(C)=C/C=C(/C(=O)NCCC(=O)O)C(C)C)N(C=O)C(C)(C)N(C)CC. The number of allylic oxidation sites excluding steroid dienone is 2. The van der Waals surface area contributed by atoms with Crippen LogP contribution in [0.1, 0.15) is 74.1 Å². The molecular weight excluding hydrogens is 394 g/mol. The van der Waals surface area contributed by atoms with Crippen molar-refractivity contribution in [1.82, 2.24) is 15.1 Å². The van der Waals surface area contributed by atoms with Crippen molar-refractivity contribution < 1.29 is 19.5 Å². The van der Waals surface area contributed by atoms with Crippen LogP contribution < -0.4 is 5.32 Å². The van der Waals surface area contributed by atoms with Gasteiger partial charge in [-0.2, -0.15) is 0 Å². The minimum absolute atomic E-state index is 0.0205. The van der Waals surface area contributed by atoms with Gasteiger partial charge in [0, 0.05) is 12.1 Å². The molecule has 0 rings (SSSR count). The predicted octanol–water partition coefficient (Wildman–Crippen LogP) is 3.81. The van der Waals surface area contributed by atoms with E-state index in [0.29, 0.717) is 5.57 Å². The summed E-state index contributed by atoms with van der Waals surface area (Å²) < 4.78 is 0. The third kappa shape index (κ3) is 9.25. The number of nitrogens with one attached hydrogen (secondary N) is 1. The highest BCUT2D eigenvalue weighted by Gasteiger charge is 2.34. The van der Waals surface area contributed by atoms with Crippen LogP contribution in [0.5, 0.6) is 0 Å². The van der Waals surface area contributed by atoms with E-state index < -0.39 is 11.6 Å². The zero-order chi connectivity index (χ0) is 24.2. The summed E-state index contributed by atoms with van der Waals surface area (Å²) in [6, 6.07) is -0.0822. The van der Waals surface area contributed by atoms with Gasteiger partial charge in [-0.3, -0.25) is 19.3 Å². The van der Waals surface area contributed by atoms with Gasteiger partial charge < -0.3 is 15.3 Å². The highest BCUT2D eigenvalue weighted by molar-refractivity contribution is 5.94. The molecule has 0 aliphatic carbocycles. The Morgan fingerprint density at radius 1 is 1.16 bits per heavy atom. The fourth-order valence-electron chi connectivity index (χ4n) is 3.40. The monoisotopic (exact) mass is 437 g/mol. The molecule has 0 aliphatic heterocycles. The highest BCUT2D eigenvalue weighted by atomic mass is 16.4. The molecule has 0 aromatic rings. The summed E-state index contributed by atoms with van der Waals surface area (Å²) in [5.41, 5.74) is 1.14. The van der Waals surface area contributed by atoms with E-state index in [-0.39, 0.29) is 30.8 Å². The first kappa shape index (κ1) is 28.9. The number of aliphatic carboxylic acids is 1. The second-order valence-electron chi connectivity index (χ2n) is 8.77. The van der Waals surface area contributed by atoms with Crippen molar-refractivity contribution in [3.05, 3.63) is 23.3 Å². The molecular formula is C24H43N3O4. The van der Waals surface area contributed by atoms with E-state index in [9.17, 15) is 14.4 Å². The third-order valence-electron chi connectivity index (χ3n) is 5.88. The summed E-state index contributed by atoms with van der Waals surface area (Å²) in [6.45, 7) is 15.0. The van der Waals surface area contributed by atoms with E-state index in [1.54, 1.807) is 6.08 Å². The summed E-state index contributed by atoms with van der Waals surface area (Å²) in [7, 11) is 2.00. The van der Waals surface area contributed by atoms with Gasteiger partial charge in [-0.15, -0.1) is 0 Å². The maximum absolute atomic E-state index is 12.5. The molecule has 178 valence electrons. The lowest BCUT2D eigenvalue weighted by Crippen LogP contribution is -2.58. The zero-order valence-electron chi connectivity index (χ0n) is 20.7. The lowest BCUT2D eigenvalue weighted by Gasteiger charge is -2.47. The number of carbonyl (C=O) groups is 3. The molecule has 0 aliphatic rings. The Hall–Kier alpha value is -2.15. The first-order valence-electron chi connectivity index (χ1n) is 11.3. The number of hydrogen-bond acceptors (Lipinski definition) is 4. The molecule has 2 N–H and O–H groups in total. The average Bonchev–Trinajstić information content (AvgIpc) is 2.69. The summed E-state index contributed by atoms with van der Waals surface area (Å²) >= 11 is 0. The molecule has 0 saturated heterocycles. The Morgan fingerprint density at radius 2 is 1.77 bits per heavy atom. The summed E-state index contributed by atoms with van der Waals surface area (Å²) in [6.07, 6.45) is 7.39. The van der Waals surface area contributed by atoms with Crippen LogP contribution >= 0.6 is 0 Å². The second-order valence-corrected chi connectivity index (χ2v) is 8.77. The molecule has 0 spiro atoms. The van der Waals surface area contributed by atoms with Crippen molar-refractivity contribution in [3.8, 4) is 0 Å². The molecule has 0 aromatic carbocycles. The van der Waals surface area contributed by atoms with Crippen molar-refractivity contribution in [2.75, 3.05) is 20.1 Å². The van der Waals surface area contributed by atoms with Crippen LogP contribution in [0.2, 0.25) is 0 Å². The number of carboxylic acid groups (broad SMARTS) is 1. The lowest BCUT2D eigenvalue weighted by molar-refractivity contribution is -0.137. The van der Waals surface area contributed by atoms with Crippen LogP contribution in [0.25, 0.3) is 0 Å².